The molecule has 0 spiro atoms. The average molecular weight is 448 g/mol. The van der Waals surface area contributed by atoms with Crippen LogP contribution in [0.25, 0.3) is 21.7 Å². The Bertz CT molecular complexity index is 1370. The Balaban J connectivity index is 1.28. The predicted octanol–water partition coefficient (Wildman–Crippen LogP) is 3.13. The number of aromatic nitrogens is 2. The number of thiophene rings is 1. The molecule has 7 nitrogen and oxygen atoms in total. The van der Waals surface area contributed by atoms with Crippen LogP contribution in [0.1, 0.15) is 21.7 Å². The number of H-pyrrole nitrogens is 1. The number of carbonyl (C=O) groups excluding carboxylic acids is 1. The Morgan fingerprint density at radius 3 is 2.62 bits per heavy atom. The first-order chi connectivity index (χ1) is 15.5. The van der Waals surface area contributed by atoms with E-state index >= 15 is 0 Å². The minimum Gasteiger partial charge on any atom is -0.368 e. The second kappa shape index (κ2) is 8.37. The number of hydrogen-bond acceptors (Lipinski definition) is 6. The zero-order chi connectivity index (χ0) is 22.2. The number of benzene rings is 1. The maximum absolute atomic E-state index is 12.3. The van der Waals surface area contributed by atoms with Crippen LogP contribution >= 0.6 is 11.3 Å². The summed E-state index contributed by atoms with van der Waals surface area (Å²) in [6.45, 7) is 6.49. The van der Waals surface area contributed by atoms with Crippen LogP contribution in [0.5, 0.6) is 0 Å². The number of hydrogen-bond donors (Lipinski definition) is 2. The molecule has 4 aromatic rings. The molecule has 8 heteroatoms. The van der Waals surface area contributed by atoms with Gasteiger partial charge in [0.05, 0.1) is 16.8 Å². The number of aromatic amines is 1. The van der Waals surface area contributed by atoms with Gasteiger partial charge in [-0.05, 0) is 36.1 Å². The van der Waals surface area contributed by atoms with Crippen LogP contribution < -0.4 is 15.8 Å². The summed E-state index contributed by atoms with van der Waals surface area (Å²) >= 11 is 1.56. The third-order valence-corrected chi connectivity index (χ3v) is 6.91. The first-order valence-electron chi connectivity index (χ1n) is 10.7. The standard InChI is InChI=1S/C24H25N5O2S/c1-15-22(6-5-20(26-15)24(31)25-2)29-9-7-28(8-10-29)12-16-3-4-17-18-13-32-14-19(18)23(30)27-21(17)11-16/h3-6,11,13-14H,7-10,12H2,1-2H3,(H,25,31)(H,27,30). The van der Waals surface area contributed by atoms with E-state index < -0.39 is 0 Å². The highest BCUT2D eigenvalue weighted by molar-refractivity contribution is 7.09. The maximum Gasteiger partial charge on any atom is 0.269 e. The van der Waals surface area contributed by atoms with Gasteiger partial charge in [-0.15, -0.1) is 0 Å². The molecule has 0 bridgehead atoms. The molecule has 0 aliphatic carbocycles. The summed E-state index contributed by atoms with van der Waals surface area (Å²) < 4.78 is 0. The highest BCUT2D eigenvalue weighted by Crippen LogP contribution is 2.26. The number of nitrogens with zero attached hydrogens (tertiary/aromatic N) is 3. The quantitative estimate of drug-likeness (QED) is 0.502. The van der Waals surface area contributed by atoms with Crippen LogP contribution in [0.2, 0.25) is 0 Å². The van der Waals surface area contributed by atoms with Gasteiger partial charge in [-0.25, -0.2) is 4.98 Å². The van der Waals surface area contributed by atoms with Crippen molar-refractivity contribution in [2.75, 3.05) is 38.1 Å². The molecule has 1 aliphatic rings. The lowest BCUT2D eigenvalue weighted by Crippen LogP contribution is -2.46. The van der Waals surface area contributed by atoms with E-state index in [0.717, 1.165) is 65.8 Å². The lowest BCUT2D eigenvalue weighted by atomic mass is 10.1. The summed E-state index contributed by atoms with van der Waals surface area (Å²) in [4.78, 5) is 36.4. The van der Waals surface area contributed by atoms with Crippen LogP contribution in [-0.2, 0) is 6.54 Å². The van der Waals surface area contributed by atoms with Gasteiger partial charge in [0, 0.05) is 61.4 Å². The van der Waals surface area contributed by atoms with Gasteiger partial charge in [-0.3, -0.25) is 14.5 Å². The van der Waals surface area contributed by atoms with E-state index in [4.69, 9.17) is 0 Å². The Hall–Kier alpha value is -3.23. The van der Waals surface area contributed by atoms with E-state index in [-0.39, 0.29) is 11.5 Å². The van der Waals surface area contributed by atoms with Crippen LogP contribution in [-0.4, -0.2) is 54.0 Å². The highest BCUT2D eigenvalue weighted by atomic mass is 32.1. The van der Waals surface area contributed by atoms with E-state index in [1.54, 1.807) is 24.5 Å². The van der Waals surface area contributed by atoms with Crippen molar-refractivity contribution < 1.29 is 4.79 Å². The van der Waals surface area contributed by atoms with E-state index in [1.165, 1.54) is 5.56 Å². The molecule has 3 aromatic heterocycles. The molecule has 0 atom stereocenters. The zero-order valence-corrected chi connectivity index (χ0v) is 19.0. The van der Waals surface area contributed by atoms with Crippen molar-refractivity contribution in [1.82, 2.24) is 20.2 Å². The number of piperazine rings is 1. The summed E-state index contributed by atoms with van der Waals surface area (Å²) in [6.07, 6.45) is 0. The number of rotatable bonds is 4. The predicted molar refractivity (Wildman–Crippen MR) is 130 cm³/mol. The molecule has 2 N–H and O–H groups in total. The topological polar surface area (TPSA) is 81.3 Å². The summed E-state index contributed by atoms with van der Waals surface area (Å²) in [7, 11) is 1.61. The molecule has 1 aromatic carbocycles. The summed E-state index contributed by atoms with van der Waals surface area (Å²) in [5.74, 6) is -0.166. The van der Waals surface area contributed by atoms with Crippen LogP contribution in [0.15, 0.2) is 45.9 Å². The number of amides is 1. The van der Waals surface area contributed by atoms with Gasteiger partial charge in [0.2, 0.25) is 0 Å². The first-order valence-corrected chi connectivity index (χ1v) is 11.7. The third kappa shape index (κ3) is 3.76. The van der Waals surface area contributed by atoms with Crippen molar-refractivity contribution in [2.45, 2.75) is 13.5 Å². The number of pyridine rings is 2. The Morgan fingerprint density at radius 1 is 1.09 bits per heavy atom. The van der Waals surface area contributed by atoms with Crippen molar-refractivity contribution in [1.29, 1.82) is 0 Å². The molecule has 0 unspecified atom stereocenters. The number of aryl methyl sites for hydroxylation is 1. The lowest BCUT2D eigenvalue weighted by Gasteiger charge is -2.36. The molecule has 0 saturated carbocycles. The summed E-state index contributed by atoms with van der Waals surface area (Å²) in [5.41, 5.74) is 4.48. The second-order valence-corrected chi connectivity index (χ2v) is 8.92. The van der Waals surface area contributed by atoms with Crippen LogP contribution in [0.3, 0.4) is 0 Å². The van der Waals surface area contributed by atoms with Crippen molar-refractivity contribution in [3.05, 3.63) is 68.4 Å². The van der Waals surface area contributed by atoms with Crippen molar-refractivity contribution >= 4 is 44.6 Å². The number of carbonyl (C=O) groups is 1. The molecule has 1 fully saturated rings. The third-order valence-electron chi connectivity index (χ3n) is 6.17. The summed E-state index contributed by atoms with van der Waals surface area (Å²) in [5, 5.41) is 9.46. The van der Waals surface area contributed by atoms with Crippen LogP contribution in [0, 0.1) is 6.92 Å². The molecule has 164 valence electrons. The minimum absolute atomic E-state index is 0.0223. The molecule has 5 rings (SSSR count). The monoisotopic (exact) mass is 447 g/mol. The summed E-state index contributed by atoms with van der Waals surface area (Å²) in [6, 6.07) is 10.2. The van der Waals surface area contributed by atoms with Crippen LogP contribution in [0.4, 0.5) is 5.69 Å². The van der Waals surface area contributed by atoms with Gasteiger partial charge >= 0.3 is 0 Å². The molecule has 1 amide bonds. The first kappa shape index (κ1) is 20.7. The van der Waals surface area contributed by atoms with Gasteiger partial charge in [-0.1, -0.05) is 12.1 Å². The highest BCUT2D eigenvalue weighted by Gasteiger charge is 2.20. The second-order valence-electron chi connectivity index (χ2n) is 8.18. The smallest absolute Gasteiger partial charge is 0.269 e. The van der Waals surface area contributed by atoms with Gasteiger partial charge in [-0.2, -0.15) is 11.3 Å². The molecule has 0 radical (unpaired) electrons. The van der Waals surface area contributed by atoms with E-state index in [2.05, 4.69) is 43.3 Å². The molecular weight excluding hydrogens is 422 g/mol. The van der Waals surface area contributed by atoms with Gasteiger partial charge in [0.1, 0.15) is 5.69 Å². The fourth-order valence-electron chi connectivity index (χ4n) is 4.45. The largest absolute Gasteiger partial charge is 0.368 e. The van der Waals surface area contributed by atoms with Gasteiger partial charge < -0.3 is 15.2 Å². The van der Waals surface area contributed by atoms with Gasteiger partial charge in [0.25, 0.3) is 11.5 Å². The normalized spacial score (nSPS) is 14.9. The molecule has 4 heterocycles. The van der Waals surface area contributed by atoms with Gasteiger partial charge in [0.15, 0.2) is 0 Å². The average Bonchev–Trinajstić information content (AvgIpc) is 3.30. The van der Waals surface area contributed by atoms with E-state index in [9.17, 15) is 9.59 Å². The van der Waals surface area contributed by atoms with E-state index in [1.807, 2.05) is 23.8 Å². The molecule has 1 aliphatic heterocycles. The van der Waals surface area contributed by atoms with Crippen molar-refractivity contribution in [3.63, 3.8) is 0 Å². The molecular formula is C24H25N5O2S. The number of fused-ring (bicyclic) bond motifs is 3. The zero-order valence-electron chi connectivity index (χ0n) is 18.1. The number of nitrogens with one attached hydrogen (secondary N) is 2. The van der Waals surface area contributed by atoms with E-state index in [0.29, 0.717) is 5.69 Å². The molecule has 32 heavy (non-hydrogen) atoms. The lowest BCUT2D eigenvalue weighted by molar-refractivity contribution is 0.0958. The number of anilines is 1. The Morgan fingerprint density at radius 2 is 1.88 bits per heavy atom. The SMILES string of the molecule is CNC(=O)c1ccc(N2CCN(Cc3ccc4c(c3)[nH]c(=O)c3cscc34)CC2)c(C)n1. The van der Waals surface area contributed by atoms with Crippen molar-refractivity contribution in [3.8, 4) is 0 Å². The minimum atomic E-state index is -0.166. The maximum atomic E-state index is 12.3. The Kier molecular flexibility index (Phi) is 5.40. The fourth-order valence-corrected chi connectivity index (χ4v) is 5.27. The molecule has 1 saturated heterocycles. The van der Waals surface area contributed by atoms with Crippen molar-refractivity contribution in [2.24, 2.45) is 0 Å². The fraction of sp³-hybridized carbons (Fsp3) is 0.292. The Labute approximate surface area is 189 Å².